The molecule has 1 aromatic carbocycles. The first-order valence-electron chi connectivity index (χ1n) is 9.78. The lowest BCUT2D eigenvalue weighted by molar-refractivity contribution is -0.133. The Hall–Kier alpha value is -1.79. The van der Waals surface area contributed by atoms with Crippen LogP contribution in [-0.2, 0) is 17.8 Å². The molecule has 2 N–H and O–H groups in total. The zero-order valence-electron chi connectivity index (χ0n) is 16.1. The van der Waals surface area contributed by atoms with E-state index >= 15 is 0 Å². The first kappa shape index (κ1) is 21.5. The SMILES string of the molecule is CCCN(C(=O)CNC(=O)N1CCc2ccccc2C1)C1CCNCC1.Cl. The second-order valence-corrected chi connectivity index (χ2v) is 7.17. The van der Waals surface area contributed by atoms with E-state index in [1.54, 1.807) is 4.90 Å². The molecule has 0 aromatic heterocycles. The molecule has 0 unspecified atom stereocenters. The summed E-state index contributed by atoms with van der Waals surface area (Å²) in [5.74, 6) is 0.0320. The fourth-order valence-corrected chi connectivity index (χ4v) is 3.90. The molecule has 0 atom stereocenters. The number of halogens is 1. The van der Waals surface area contributed by atoms with E-state index in [1.807, 2.05) is 17.0 Å². The highest BCUT2D eigenvalue weighted by Gasteiger charge is 2.26. The number of nitrogens with one attached hydrogen (secondary N) is 2. The fourth-order valence-electron chi connectivity index (χ4n) is 3.90. The maximum absolute atomic E-state index is 12.7. The van der Waals surface area contributed by atoms with Gasteiger partial charge >= 0.3 is 6.03 Å². The molecule has 0 radical (unpaired) electrons. The summed E-state index contributed by atoms with van der Waals surface area (Å²) in [7, 11) is 0. The minimum atomic E-state index is -0.144. The number of carbonyl (C=O) groups is 2. The largest absolute Gasteiger partial charge is 0.338 e. The minimum absolute atomic E-state index is 0. The molecule has 3 amide bonds. The minimum Gasteiger partial charge on any atom is -0.338 e. The summed E-state index contributed by atoms with van der Waals surface area (Å²) >= 11 is 0. The number of amides is 3. The Morgan fingerprint density at radius 1 is 1.22 bits per heavy atom. The summed E-state index contributed by atoms with van der Waals surface area (Å²) in [6.45, 7) is 6.16. The molecular formula is C20H31ClN4O2. The van der Waals surface area contributed by atoms with E-state index in [-0.39, 0.29) is 30.9 Å². The molecule has 1 aromatic rings. The highest BCUT2D eigenvalue weighted by Crippen LogP contribution is 2.18. The Bertz CT molecular complexity index is 634. The summed E-state index contributed by atoms with van der Waals surface area (Å²) in [5, 5.41) is 6.18. The summed E-state index contributed by atoms with van der Waals surface area (Å²) in [6.07, 6.45) is 3.78. The highest BCUT2D eigenvalue weighted by atomic mass is 35.5. The molecule has 2 aliphatic rings. The molecule has 0 saturated carbocycles. The smallest absolute Gasteiger partial charge is 0.318 e. The quantitative estimate of drug-likeness (QED) is 0.804. The topological polar surface area (TPSA) is 64.7 Å². The molecule has 0 bridgehead atoms. The Labute approximate surface area is 168 Å². The van der Waals surface area contributed by atoms with E-state index in [9.17, 15) is 9.59 Å². The number of nitrogens with zero attached hydrogens (tertiary/aromatic N) is 2. The highest BCUT2D eigenvalue weighted by molar-refractivity contribution is 5.85. The van der Waals surface area contributed by atoms with Crippen molar-refractivity contribution in [2.75, 3.05) is 32.7 Å². The van der Waals surface area contributed by atoms with Gasteiger partial charge in [-0.15, -0.1) is 12.4 Å². The van der Waals surface area contributed by atoms with Crippen molar-refractivity contribution in [1.82, 2.24) is 20.4 Å². The van der Waals surface area contributed by atoms with Crippen LogP contribution in [0, 0.1) is 0 Å². The standard InChI is InChI=1S/C20H30N4O2.ClH/c1-2-12-24(18-7-10-21-11-8-18)19(25)14-22-20(26)23-13-9-16-5-3-4-6-17(16)15-23;/h3-6,18,21H,2,7-15H2,1H3,(H,22,26);1H. The number of urea groups is 1. The lowest BCUT2D eigenvalue weighted by Crippen LogP contribution is -2.51. The van der Waals surface area contributed by atoms with Crippen molar-refractivity contribution in [3.05, 3.63) is 35.4 Å². The lowest BCUT2D eigenvalue weighted by Gasteiger charge is -2.35. The Balaban J connectivity index is 0.00000261. The second-order valence-electron chi connectivity index (χ2n) is 7.17. The third kappa shape index (κ3) is 5.59. The van der Waals surface area contributed by atoms with Crippen LogP contribution in [0.2, 0.25) is 0 Å². The van der Waals surface area contributed by atoms with Gasteiger partial charge in [0.1, 0.15) is 0 Å². The van der Waals surface area contributed by atoms with Crippen LogP contribution in [-0.4, -0.2) is 60.5 Å². The van der Waals surface area contributed by atoms with Gasteiger partial charge < -0.3 is 20.4 Å². The van der Waals surface area contributed by atoms with Crippen molar-refractivity contribution in [2.45, 2.75) is 45.2 Å². The molecule has 0 aliphatic carbocycles. The van der Waals surface area contributed by atoms with Gasteiger partial charge in [0.05, 0.1) is 6.54 Å². The normalized spacial score (nSPS) is 16.9. The number of carbonyl (C=O) groups excluding carboxylic acids is 2. The van der Waals surface area contributed by atoms with Gasteiger partial charge in [0.25, 0.3) is 0 Å². The number of rotatable bonds is 5. The van der Waals surface area contributed by atoms with Gasteiger partial charge in [0, 0.05) is 25.7 Å². The predicted octanol–water partition coefficient (Wildman–Crippen LogP) is 2.17. The van der Waals surface area contributed by atoms with Crippen LogP contribution in [0.4, 0.5) is 4.79 Å². The van der Waals surface area contributed by atoms with Crippen LogP contribution in [0.5, 0.6) is 0 Å². The predicted molar refractivity (Wildman–Crippen MR) is 109 cm³/mol. The van der Waals surface area contributed by atoms with Gasteiger partial charge in [-0.1, -0.05) is 31.2 Å². The Morgan fingerprint density at radius 3 is 2.63 bits per heavy atom. The van der Waals surface area contributed by atoms with Crippen LogP contribution < -0.4 is 10.6 Å². The maximum atomic E-state index is 12.7. The van der Waals surface area contributed by atoms with E-state index < -0.39 is 0 Å². The summed E-state index contributed by atoms with van der Waals surface area (Å²) in [4.78, 5) is 29.0. The van der Waals surface area contributed by atoms with Crippen molar-refractivity contribution < 1.29 is 9.59 Å². The van der Waals surface area contributed by atoms with E-state index in [2.05, 4.69) is 29.7 Å². The molecule has 1 saturated heterocycles. The molecule has 6 nitrogen and oxygen atoms in total. The number of hydrogen-bond acceptors (Lipinski definition) is 3. The molecule has 1 fully saturated rings. The molecule has 7 heteroatoms. The Morgan fingerprint density at radius 2 is 1.93 bits per heavy atom. The van der Waals surface area contributed by atoms with Gasteiger partial charge in [-0.3, -0.25) is 4.79 Å². The van der Waals surface area contributed by atoms with Crippen LogP contribution in [0.15, 0.2) is 24.3 Å². The molecule has 3 rings (SSSR count). The van der Waals surface area contributed by atoms with Crippen molar-refractivity contribution in [3.8, 4) is 0 Å². The monoisotopic (exact) mass is 394 g/mol. The van der Waals surface area contributed by atoms with Crippen molar-refractivity contribution >= 4 is 24.3 Å². The van der Waals surface area contributed by atoms with Gasteiger partial charge in [-0.2, -0.15) is 0 Å². The zero-order chi connectivity index (χ0) is 18.4. The van der Waals surface area contributed by atoms with E-state index in [1.165, 1.54) is 11.1 Å². The summed E-state index contributed by atoms with van der Waals surface area (Å²) < 4.78 is 0. The average Bonchev–Trinajstić information content (AvgIpc) is 2.70. The molecule has 27 heavy (non-hydrogen) atoms. The van der Waals surface area contributed by atoms with Gasteiger partial charge in [-0.25, -0.2) is 4.79 Å². The van der Waals surface area contributed by atoms with Crippen molar-refractivity contribution in [2.24, 2.45) is 0 Å². The Kier molecular flexibility index (Phi) is 8.38. The third-order valence-corrected chi connectivity index (χ3v) is 5.34. The van der Waals surface area contributed by atoms with E-state index in [4.69, 9.17) is 0 Å². The van der Waals surface area contributed by atoms with E-state index in [0.29, 0.717) is 19.1 Å². The van der Waals surface area contributed by atoms with Crippen LogP contribution in [0.1, 0.15) is 37.3 Å². The van der Waals surface area contributed by atoms with Crippen LogP contribution in [0.3, 0.4) is 0 Å². The number of fused-ring (bicyclic) bond motifs is 1. The zero-order valence-corrected chi connectivity index (χ0v) is 16.9. The first-order chi connectivity index (χ1) is 12.7. The van der Waals surface area contributed by atoms with Gasteiger partial charge in [0.15, 0.2) is 0 Å². The van der Waals surface area contributed by atoms with Crippen LogP contribution in [0.25, 0.3) is 0 Å². The maximum Gasteiger partial charge on any atom is 0.318 e. The summed E-state index contributed by atoms with van der Waals surface area (Å²) in [5.41, 5.74) is 2.51. The third-order valence-electron chi connectivity index (χ3n) is 5.34. The average molecular weight is 395 g/mol. The summed E-state index contributed by atoms with van der Waals surface area (Å²) in [6, 6.07) is 8.38. The molecule has 2 aliphatic heterocycles. The van der Waals surface area contributed by atoms with Crippen LogP contribution >= 0.6 is 12.4 Å². The van der Waals surface area contributed by atoms with Gasteiger partial charge in [0.2, 0.25) is 5.91 Å². The first-order valence-corrected chi connectivity index (χ1v) is 9.78. The fraction of sp³-hybridized carbons (Fsp3) is 0.600. The number of hydrogen-bond donors (Lipinski definition) is 2. The van der Waals surface area contributed by atoms with Gasteiger partial charge in [-0.05, 0) is 49.9 Å². The van der Waals surface area contributed by atoms with E-state index in [0.717, 1.165) is 45.3 Å². The lowest BCUT2D eigenvalue weighted by atomic mass is 10.0. The number of benzene rings is 1. The van der Waals surface area contributed by atoms with Crippen molar-refractivity contribution in [1.29, 1.82) is 0 Å². The molecule has 2 heterocycles. The molecular weight excluding hydrogens is 364 g/mol. The van der Waals surface area contributed by atoms with Crippen molar-refractivity contribution in [3.63, 3.8) is 0 Å². The molecule has 150 valence electrons. The molecule has 0 spiro atoms. The second kappa shape index (κ2) is 10.5. The number of piperidine rings is 1.